The Balaban J connectivity index is 2.22. The lowest BCUT2D eigenvalue weighted by Gasteiger charge is -2.17. The van der Waals surface area contributed by atoms with Crippen molar-refractivity contribution in [1.29, 1.82) is 0 Å². The molecule has 4 atom stereocenters. The van der Waals surface area contributed by atoms with E-state index in [1.165, 1.54) is 25.3 Å². The number of rotatable bonds is 5. The molecule has 1 aromatic rings. The Labute approximate surface area is 119 Å². The third-order valence-electron chi connectivity index (χ3n) is 3.24. The second-order valence-corrected chi connectivity index (χ2v) is 4.54. The van der Waals surface area contributed by atoms with Gasteiger partial charge in [0.1, 0.15) is 29.7 Å². The maximum absolute atomic E-state index is 11.0. The highest BCUT2D eigenvalue weighted by Crippen LogP contribution is 2.31. The van der Waals surface area contributed by atoms with Gasteiger partial charge in [0, 0.05) is 0 Å². The van der Waals surface area contributed by atoms with Gasteiger partial charge < -0.3 is 30.1 Å². The molecule has 0 aromatic heterocycles. The summed E-state index contributed by atoms with van der Waals surface area (Å²) in [5.41, 5.74) is -0.150. The Morgan fingerprint density at radius 3 is 2.67 bits per heavy atom. The number of nitrogens with zero attached hydrogens (tertiary/aromatic N) is 1. The molecule has 0 spiro atoms. The van der Waals surface area contributed by atoms with E-state index in [1.807, 2.05) is 0 Å². The highest BCUT2D eigenvalue weighted by atomic mass is 16.6. The predicted molar refractivity (Wildman–Crippen MR) is 71.0 cm³/mol. The highest BCUT2D eigenvalue weighted by molar-refractivity contribution is 5.64. The maximum Gasteiger partial charge on any atom is 0.296 e. The van der Waals surface area contributed by atoms with Gasteiger partial charge in [0.15, 0.2) is 6.23 Å². The lowest BCUT2D eigenvalue weighted by atomic mass is 10.1. The molecule has 116 valence electrons. The van der Waals surface area contributed by atoms with Crippen molar-refractivity contribution in [1.82, 2.24) is 0 Å². The molecule has 2 rings (SSSR count). The van der Waals surface area contributed by atoms with Crippen LogP contribution in [0.3, 0.4) is 0 Å². The smallest absolute Gasteiger partial charge is 0.296 e. The number of hydrogen-bond donors (Lipinski definition) is 4. The second-order valence-electron chi connectivity index (χ2n) is 4.54. The summed E-state index contributed by atoms with van der Waals surface area (Å²) in [4.78, 5) is 10.4. The van der Waals surface area contributed by atoms with E-state index in [-0.39, 0.29) is 11.4 Å². The van der Waals surface area contributed by atoms with Crippen molar-refractivity contribution < 1.29 is 29.7 Å². The van der Waals surface area contributed by atoms with Crippen molar-refractivity contribution >= 4 is 11.4 Å². The average Bonchev–Trinajstić information content (AvgIpc) is 2.75. The number of nitrogens with one attached hydrogen (secondary N) is 1. The molecular formula is C12H16N2O7. The lowest BCUT2D eigenvalue weighted by molar-refractivity contribution is -0.384. The zero-order chi connectivity index (χ0) is 15.6. The van der Waals surface area contributed by atoms with Crippen molar-refractivity contribution in [2.45, 2.75) is 24.5 Å². The van der Waals surface area contributed by atoms with Gasteiger partial charge in [-0.1, -0.05) is 0 Å². The first-order valence-corrected chi connectivity index (χ1v) is 6.19. The van der Waals surface area contributed by atoms with Crippen molar-refractivity contribution in [2.24, 2.45) is 0 Å². The van der Waals surface area contributed by atoms with Crippen LogP contribution in [0.1, 0.15) is 0 Å². The maximum atomic E-state index is 11.0. The molecule has 1 aromatic carbocycles. The summed E-state index contributed by atoms with van der Waals surface area (Å²) in [6.07, 6.45) is -4.60. The fourth-order valence-electron chi connectivity index (χ4n) is 2.08. The summed E-state index contributed by atoms with van der Waals surface area (Å²) in [7, 11) is 1.39. The number of aliphatic hydroxyl groups excluding tert-OH is 3. The van der Waals surface area contributed by atoms with Crippen molar-refractivity contribution in [3.05, 3.63) is 28.3 Å². The van der Waals surface area contributed by atoms with Gasteiger partial charge in [-0.15, -0.1) is 0 Å². The summed E-state index contributed by atoms with van der Waals surface area (Å²) in [5, 5.41) is 42.1. The van der Waals surface area contributed by atoms with Crippen LogP contribution < -0.4 is 10.1 Å². The van der Waals surface area contributed by atoms with Gasteiger partial charge in [-0.2, -0.15) is 0 Å². The van der Waals surface area contributed by atoms with Gasteiger partial charge in [-0.05, 0) is 12.1 Å². The van der Waals surface area contributed by atoms with Crippen molar-refractivity contribution in [2.75, 3.05) is 19.0 Å². The van der Waals surface area contributed by atoms with Gasteiger partial charge in [-0.25, -0.2) is 0 Å². The van der Waals surface area contributed by atoms with E-state index >= 15 is 0 Å². The molecule has 1 fully saturated rings. The van der Waals surface area contributed by atoms with Crippen molar-refractivity contribution in [3.63, 3.8) is 0 Å². The zero-order valence-electron chi connectivity index (χ0n) is 11.2. The standard InChI is InChI=1S/C12H16N2O7/c1-20-6-2-3-7(8(4-6)14(18)19)13-12-11(17)10(16)9(5-15)21-12/h2-4,9-13,15-17H,5H2,1H3/t9-,10-,11+,12+/m1/s1. The minimum absolute atomic E-state index is 0.107. The number of anilines is 1. The summed E-state index contributed by atoms with van der Waals surface area (Å²) in [6, 6.07) is 4.14. The molecule has 21 heavy (non-hydrogen) atoms. The van der Waals surface area contributed by atoms with E-state index in [2.05, 4.69) is 5.32 Å². The van der Waals surface area contributed by atoms with Gasteiger partial charge in [0.05, 0.1) is 24.7 Å². The molecule has 0 amide bonds. The molecule has 0 unspecified atom stereocenters. The van der Waals surface area contributed by atoms with E-state index in [1.54, 1.807) is 0 Å². The zero-order valence-corrected chi connectivity index (χ0v) is 11.2. The van der Waals surface area contributed by atoms with E-state index in [0.717, 1.165) is 0 Å². The largest absolute Gasteiger partial charge is 0.496 e. The van der Waals surface area contributed by atoms with Crippen LogP contribution in [0.4, 0.5) is 11.4 Å². The molecule has 0 aliphatic carbocycles. The van der Waals surface area contributed by atoms with Crippen LogP contribution in [0, 0.1) is 10.1 Å². The third-order valence-corrected chi connectivity index (χ3v) is 3.24. The molecule has 1 saturated heterocycles. The first-order valence-electron chi connectivity index (χ1n) is 6.19. The minimum Gasteiger partial charge on any atom is -0.496 e. The Bertz CT molecular complexity index is 524. The summed E-state index contributed by atoms with van der Waals surface area (Å²) < 4.78 is 10.1. The van der Waals surface area contributed by atoms with Crippen LogP contribution in [-0.4, -0.2) is 58.5 Å². The summed E-state index contributed by atoms with van der Waals surface area (Å²) in [6.45, 7) is -0.471. The average molecular weight is 300 g/mol. The fourth-order valence-corrected chi connectivity index (χ4v) is 2.08. The summed E-state index contributed by atoms with van der Waals surface area (Å²) >= 11 is 0. The number of hydrogen-bond acceptors (Lipinski definition) is 8. The topological polar surface area (TPSA) is 134 Å². The monoisotopic (exact) mass is 300 g/mol. The van der Waals surface area contributed by atoms with Crippen LogP contribution in [0.5, 0.6) is 5.75 Å². The van der Waals surface area contributed by atoms with Gasteiger partial charge in [0.25, 0.3) is 5.69 Å². The molecule has 9 heteroatoms. The van der Waals surface area contributed by atoms with E-state index in [9.17, 15) is 20.3 Å². The van der Waals surface area contributed by atoms with Crippen LogP contribution in [0.25, 0.3) is 0 Å². The molecule has 9 nitrogen and oxygen atoms in total. The Morgan fingerprint density at radius 1 is 1.43 bits per heavy atom. The summed E-state index contributed by atoms with van der Waals surface area (Å²) in [5.74, 6) is 0.313. The molecule has 1 heterocycles. The fraction of sp³-hybridized carbons (Fsp3) is 0.500. The first kappa shape index (κ1) is 15.4. The molecule has 1 aliphatic heterocycles. The normalized spacial score (nSPS) is 28.4. The molecule has 0 radical (unpaired) electrons. The number of benzene rings is 1. The van der Waals surface area contributed by atoms with Gasteiger partial charge >= 0.3 is 0 Å². The van der Waals surface area contributed by atoms with Gasteiger partial charge in [0.2, 0.25) is 0 Å². The number of ether oxygens (including phenoxy) is 2. The number of nitro benzene ring substituents is 1. The molecule has 1 aliphatic rings. The quantitative estimate of drug-likeness (QED) is 0.420. The van der Waals surface area contributed by atoms with Crippen LogP contribution in [0.2, 0.25) is 0 Å². The highest BCUT2D eigenvalue weighted by Gasteiger charge is 2.42. The van der Waals surface area contributed by atoms with Crippen LogP contribution in [-0.2, 0) is 4.74 Å². The Kier molecular flexibility index (Phi) is 4.58. The second kappa shape index (κ2) is 6.22. The van der Waals surface area contributed by atoms with E-state index < -0.39 is 36.1 Å². The molecular weight excluding hydrogens is 284 g/mol. The van der Waals surface area contributed by atoms with E-state index in [4.69, 9.17) is 14.6 Å². The van der Waals surface area contributed by atoms with Gasteiger partial charge in [-0.3, -0.25) is 10.1 Å². The minimum atomic E-state index is -1.32. The molecule has 0 saturated carbocycles. The predicted octanol–water partition coefficient (Wildman–Crippen LogP) is -0.546. The number of aliphatic hydroxyl groups is 3. The third kappa shape index (κ3) is 3.05. The molecule has 4 N–H and O–H groups in total. The van der Waals surface area contributed by atoms with E-state index in [0.29, 0.717) is 5.75 Å². The van der Waals surface area contributed by atoms with Crippen molar-refractivity contribution in [3.8, 4) is 5.75 Å². The number of methoxy groups -OCH3 is 1. The SMILES string of the molecule is COc1ccc(N[C@H]2O[C@H](CO)[C@@H](O)[C@@H]2O)c([N+](=O)[O-])c1. The number of nitro groups is 1. The molecule has 0 bridgehead atoms. The lowest BCUT2D eigenvalue weighted by Crippen LogP contribution is -2.36. The van der Waals surface area contributed by atoms with Crippen LogP contribution in [0.15, 0.2) is 18.2 Å². The Hall–Kier alpha value is -1.94. The Morgan fingerprint density at radius 2 is 2.14 bits per heavy atom. The first-order chi connectivity index (χ1) is 9.97. The van der Waals surface area contributed by atoms with Crippen LogP contribution >= 0.6 is 0 Å².